The molecule has 0 atom stereocenters. The molecular weight excluding hydrogens is 509 g/mol. The number of ketones is 2. The zero-order valence-electron chi connectivity index (χ0n) is 17.8. The van der Waals surface area contributed by atoms with Gasteiger partial charge in [0.2, 0.25) is 0 Å². The Morgan fingerprint density at radius 2 is 1.09 bits per heavy atom. The Labute approximate surface area is 211 Å². The van der Waals surface area contributed by atoms with E-state index < -0.39 is 25.2 Å². The highest BCUT2D eigenvalue weighted by Gasteiger charge is 2.49. The summed E-state index contributed by atoms with van der Waals surface area (Å²) >= 11 is 25.0. The van der Waals surface area contributed by atoms with Gasteiger partial charge in [-0.1, -0.05) is 110 Å². The Bertz CT molecular complexity index is 874. The van der Waals surface area contributed by atoms with Crippen molar-refractivity contribution in [2.45, 2.75) is 63.4 Å². The molecule has 172 valence electrons. The van der Waals surface area contributed by atoms with E-state index in [9.17, 15) is 14.2 Å². The van der Waals surface area contributed by atoms with Crippen molar-refractivity contribution in [3.8, 4) is 0 Å². The van der Waals surface area contributed by atoms with E-state index in [1.54, 1.807) is 12.1 Å². The molecule has 0 aromatic heterocycles. The minimum Gasteiger partial charge on any atom is -0.292 e. The summed E-state index contributed by atoms with van der Waals surface area (Å²) in [4.78, 5) is 27.4. The first-order chi connectivity index (χ1) is 15.3. The first-order valence-corrected chi connectivity index (χ1v) is 12.9. The third-order valence-electron chi connectivity index (χ3n) is 5.43. The number of hydrogen-bond donors (Lipinski definition) is 0. The molecule has 3 nitrogen and oxygen atoms in total. The van der Waals surface area contributed by atoms with Crippen molar-refractivity contribution >= 4 is 66.4 Å². The fourth-order valence-corrected chi connectivity index (χ4v) is 5.42. The zero-order valence-corrected chi connectivity index (χ0v) is 21.7. The number of unbranched alkanes of at least 4 members (excludes halogenated alkanes) is 6. The zero-order chi connectivity index (χ0) is 23.7. The van der Waals surface area contributed by atoms with Crippen LogP contribution >= 0.6 is 54.9 Å². The van der Waals surface area contributed by atoms with Crippen LogP contribution in [-0.4, -0.2) is 16.7 Å². The SMILES string of the molecule is CCCCCCCCCC(P=O)(C(=O)c1c(Cl)cccc1Cl)C(=O)c1c(Cl)cccc1Cl. The molecule has 2 aromatic rings. The minimum absolute atomic E-state index is 0.0290. The highest BCUT2D eigenvalue weighted by atomic mass is 35.5. The summed E-state index contributed by atoms with van der Waals surface area (Å²) in [5.74, 6) is -1.39. The van der Waals surface area contributed by atoms with E-state index >= 15 is 0 Å². The summed E-state index contributed by atoms with van der Waals surface area (Å²) < 4.78 is 12.6. The van der Waals surface area contributed by atoms with E-state index in [0.29, 0.717) is 6.42 Å². The van der Waals surface area contributed by atoms with Crippen molar-refractivity contribution in [3.05, 3.63) is 67.6 Å². The van der Waals surface area contributed by atoms with Crippen molar-refractivity contribution in [2.75, 3.05) is 0 Å². The highest BCUT2D eigenvalue weighted by Crippen LogP contribution is 2.42. The highest BCUT2D eigenvalue weighted by molar-refractivity contribution is 7.30. The number of rotatable bonds is 13. The van der Waals surface area contributed by atoms with Crippen LogP contribution in [0.3, 0.4) is 0 Å². The third-order valence-corrected chi connectivity index (χ3v) is 7.63. The van der Waals surface area contributed by atoms with Crippen LogP contribution in [0.2, 0.25) is 20.1 Å². The molecule has 0 unspecified atom stereocenters. The van der Waals surface area contributed by atoms with Crippen molar-refractivity contribution in [2.24, 2.45) is 0 Å². The van der Waals surface area contributed by atoms with Gasteiger partial charge in [0.25, 0.3) is 0 Å². The molecule has 0 bridgehead atoms. The Balaban J connectivity index is 2.44. The van der Waals surface area contributed by atoms with E-state index in [4.69, 9.17) is 46.4 Å². The van der Waals surface area contributed by atoms with Gasteiger partial charge in [-0.05, 0) is 30.7 Å². The van der Waals surface area contributed by atoms with Gasteiger partial charge in [0.05, 0.1) is 31.2 Å². The second-order valence-corrected chi connectivity index (χ2v) is 10.2. The Morgan fingerprint density at radius 1 is 0.719 bits per heavy atom. The molecule has 0 radical (unpaired) electrons. The van der Waals surface area contributed by atoms with Gasteiger partial charge in [-0.3, -0.25) is 14.2 Å². The normalized spacial score (nSPS) is 11.7. The molecule has 0 N–H and O–H groups in total. The van der Waals surface area contributed by atoms with E-state index in [1.165, 1.54) is 30.7 Å². The van der Waals surface area contributed by atoms with Gasteiger partial charge in [-0.25, -0.2) is 0 Å². The van der Waals surface area contributed by atoms with E-state index in [0.717, 1.165) is 32.1 Å². The van der Waals surface area contributed by atoms with Crippen LogP contribution in [0.1, 0.15) is 79.0 Å². The summed E-state index contributed by atoms with van der Waals surface area (Å²) in [6, 6.07) is 9.23. The summed E-state index contributed by atoms with van der Waals surface area (Å²) in [6.45, 7) is 2.15. The molecule has 0 heterocycles. The van der Waals surface area contributed by atoms with Crippen molar-refractivity contribution < 1.29 is 14.2 Å². The van der Waals surface area contributed by atoms with Gasteiger partial charge in [-0.2, -0.15) is 0 Å². The molecule has 2 rings (SSSR count). The van der Waals surface area contributed by atoms with Gasteiger partial charge in [0.1, 0.15) is 0 Å². The van der Waals surface area contributed by atoms with Crippen LogP contribution in [0.5, 0.6) is 0 Å². The van der Waals surface area contributed by atoms with Gasteiger partial charge < -0.3 is 0 Å². The summed E-state index contributed by atoms with van der Waals surface area (Å²) in [6.07, 6.45) is 6.90. The average Bonchev–Trinajstić information content (AvgIpc) is 2.75. The van der Waals surface area contributed by atoms with E-state index in [2.05, 4.69) is 6.92 Å². The van der Waals surface area contributed by atoms with Gasteiger partial charge in [0, 0.05) is 0 Å². The molecule has 0 fully saturated rings. The Kier molecular flexibility index (Phi) is 11.1. The van der Waals surface area contributed by atoms with Crippen LogP contribution < -0.4 is 0 Å². The lowest BCUT2D eigenvalue weighted by molar-refractivity contribution is 0.0825. The Hall–Kier alpha value is -0.960. The first-order valence-electron chi connectivity index (χ1n) is 10.6. The van der Waals surface area contributed by atoms with E-state index in [-0.39, 0.29) is 37.6 Å². The first kappa shape index (κ1) is 27.3. The lowest BCUT2D eigenvalue weighted by atomic mass is 9.84. The quantitative estimate of drug-likeness (QED) is 0.111. The lowest BCUT2D eigenvalue weighted by Crippen LogP contribution is -2.42. The maximum absolute atomic E-state index is 13.7. The molecule has 0 saturated carbocycles. The predicted octanol–water partition coefficient (Wildman–Crippen LogP) is 9.54. The van der Waals surface area contributed by atoms with Crippen LogP contribution in [0.25, 0.3) is 0 Å². The average molecular weight is 534 g/mol. The number of halogens is 4. The van der Waals surface area contributed by atoms with Crippen molar-refractivity contribution in [1.29, 1.82) is 0 Å². The van der Waals surface area contributed by atoms with Gasteiger partial charge in [0.15, 0.2) is 25.2 Å². The van der Waals surface area contributed by atoms with Crippen LogP contribution in [0, 0.1) is 0 Å². The van der Waals surface area contributed by atoms with Crippen molar-refractivity contribution in [3.63, 3.8) is 0 Å². The molecular formula is C24H25Cl4O3P. The molecule has 32 heavy (non-hydrogen) atoms. The van der Waals surface area contributed by atoms with Gasteiger partial charge in [-0.15, -0.1) is 0 Å². The predicted molar refractivity (Wildman–Crippen MR) is 135 cm³/mol. The number of carbonyl (C=O) groups is 2. The largest absolute Gasteiger partial charge is 0.292 e. The third kappa shape index (κ3) is 6.33. The number of hydrogen-bond acceptors (Lipinski definition) is 3. The number of carbonyl (C=O) groups excluding carboxylic acids is 2. The van der Waals surface area contributed by atoms with Crippen LogP contribution in [-0.2, 0) is 4.57 Å². The second kappa shape index (κ2) is 13.1. The standard InChI is InChI=1S/C24H25Cl4O3P/c1-2-3-4-5-6-7-8-15-24(32-31,22(29)20-16(25)11-9-12-17(20)26)23(30)21-18(27)13-10-14-19(21)28/h9-14H,2-8,15H2,1H3. The summed E-state index contributed by atoms with van der Waals surface area (Å²) in [7, 11) is -0.654. The molecule has 0 amide bonds. The molecule has 0 saturated heterocycles. The molecule has 8 heteroatoms. The molecule has 2 aromatic carbocycles. The molecule has 0 aliphatic rings. The second-order valence-electron chi connectivity index (χ2n) is 7.67. The molecule has 0 spiro atoms. The fourth-order valence-electron chi connectivity index (χ4n) is 3.64. The smallest absolute Gasteiger partial charge is 0.191 e. The maximum atomic E-state index is 13.7. The maximum Gasteiger partial charge on any atom is 0.191 e. The molecule has 0 aliphatic heterocycles. The van der Waals surface area contributed by atoms with Crippen LogP contribution in [0.15, 0.2) is 36.4 Å². The monoisotopic (exact) mass is 532 g/mol. The lowest BCUT2D eigenvalue weighted by Gasteiger charge is -2.26. The minimum atomic E-state index is -1.92. The summed E-state index contributed by atoms with van der Waals surface area (Å²) in [5.41, 5.74) is -0.0580. The number of Topliss-reactive ketones (excluding diaryl/α,β-unsaturated/α-hetero) is 2. The van der Waals surface area contributed by atoms with E-state index in [1.807, 2.05) is 0 Å². The number of benzene rings is 2. The van der Waals surface area contributed by atoms with Crippen molar-refractivity contribution in [1.82, 2.24) is 0 Å². The van der Waals surface area contributed by atoms with Gasteiger partial charge >= 0.3 is 0 Å². The fraction of sp³-hybridized carbons (Fsp3) is 0.417. The Morgan fingerprint density at radius 3 is 1.47 bits per heavy atom. The topological polar surface area (TPSA) is 51.2 Å². The van der Waals surface area contributed by atoms with Crippen LogP contribution in [0.4, 0.5) is 0 Å². The summed E-state index contributed by atoms with van der Waals surface area (Å²) in [5, 5.41) is -1.56. The molecule has 0 aliphatic carbocycles.